The average molecular weight is 330 g/mol. The maximum absolute atomic E-state index is 11.5. The van der Waals surface area contributed by atoms with E-state index in [9.17, 15) is 19.5 Å². The van der Waals surface area contributed by atoms with Gasteiger partial charge < -0.3 is 36.8 Å². The molecule has 0 aliphatic rings. The summed E-state index contributed by atoms with van der Waals surface area (Å²) in [7, 11) is 0. The molecule has 0 aromatic carbocycles. The SMILES string of the molecule is CC(O)[C@H](NC(=O)NCc1nc(C(N)CC(N)=O)no1)C(=O)O. The predicted octanol–water partition coefficient (Wildman–Crippen LogP) is -2.42. The zero-order valence-electron chi connectivity index (χ0n) is 12.2. The third-order valence-electron chi connectivity index (χ3n) is 2.67. The third-order valence-corrected chi connectivity index (χ3v) is 2.67. The molecule has 1 heterocycles. The van der Waals surface area contributed by atoms with Gasteiger partial charge in [-0.3, -0.25) is 4.79 Å². The maximum Gasteiger partial charge on any atom is 0.328 e. The van der Waals surface area contributed by atoms with Crippen LogP contribution in [0, 0.1) is 0 Å². The lowest BCUT2D eigenvalue weighted by Crippen LogP contribution is -2.51. The molecule has 0 aliphatic carbocycles. The van der Waals surface area contributed by atoms with Gasteiger partial charge in [-0.25, -0.2) is 9.59 Å². The molecule has 12 heteroatoms. The largest absolute Gasteiger partial charge is 0.480 e. The molecule has 8 N–H and O–H groups in total. The average Bonchev–Trinajstić information content (AvgIpc) is 2.90. The van der Waals surface area contributed by atoms with Crippen molar-refractivity contribution in [1.82, 2.24) is 20.8 Å². The first-order valence-corrected chi connectivity index (χ1v) is 6.52. The number of nitrogens with one attached hydrogen (secondary N) is 2. The molecule has 0 saturated carbocycles. The zero-order valence-corrected chi connectivity index (χ0v) is 12.2. The molecule has 0 spiro atoms. The van der Waals surface area contributed by atoms with Gasteiger partial charge in [0.1, 0.15) is 0 Å². The number of aromatic nitrogens is 2. The van der Waals surface area contributed by atoms with Crippen molar-refractivity contribution in [2.24, 2.45) is 11.5 Å². The predicted molar refractivity (Wildman–Crippen MR) is 73.5 cm³/mol. The van der Waals surface area contributed by atoms with Crippen LogP contribution in [-0.4, -0.2) is 50.4 Å². The molecule has 1 aromatic heterocycles. The lowest BCUT2D eigenvalue weighted by Gasteiger charge is -2.16. The number of nitrogens with two attached hydrogens (primary N) is 2. The van der Waals surface area contributed by atoms with Crippen molar-refractivity contribution in [3.05, 3.63) is 11.7 Å². The molecule has 0 radical (unpaired) electrons. The quantitative estimate of drug-likeness (QED) is 0.299. The number of carboxylic acids is 1. The molecule has 0 saturated heterocycles. The van der Waals surface area contributed by atoms with Crippen LogP contribution < -0.4 is 22.1 Å². The van der Waals surface area contributed by atoms with Crippen LogP contribution in [0.25, 0.3) is 0 Å². The van der Waals surface area contributed by atoms with Crippen LogP contribution in [0.5, 0.6) is 0 Å². The highest BCUT2D eigenvalue weighted by Crippen LogP contribution is 2.09. The molecule has 23 heavy (non-hydrogen) atoms. The number of aliphatic hydroxyl groups excluding tert-OH is 1. The van der Waals surface area contributed by atoms with Crippen LogP contribution in [0.4, 0.5) is 4.79 Å². The summed E-state index contributed by atoms with van der Waals surface area (Å²) in [6.07, 6.45) is -1.44. The molecule has 3 atom stereocenters. The summed E-state index contributed by atoms with van der Waals surface area (Å²) in [5.41, 5.74) is 10.6. The van der Waals surface area contributed by atoms with Gasteiger partial charge in [0.05, 0.1) is 18.7 Å². The summed E-state index contributed by atoms with van der Waals surface area (Å²) in [6, 6.07) is -3.14. The zero-order chi connectivity index (χ0) is 17.6. The van der Waals surface area contributed by atoms with Crippen LogP contribution in [0.1, 0.15) is 31.1 Å². The second-order valence-electron chi connectivity index (χ2n) is 4.71. The van der Waals surface area contributed by atoms with Crippen molar-refractivity contribution in [3.8, 4) is 0 Å². The molecule has 128 valence electrons. The Hall–Kier alpha value is -2.73. The number of aliphatic hydroxyl groups is 1. The first-order valence-electron chi connectivity index (χ1n) is 6.52. The number of nitrogens with zero attached hydrogens (tertiary/aromatic N) is 2. The monoisotopic (exact) mass is 330 g/mol. The van der Waals surface area contributed by atoms with E-state index in [-0.39, 0.29) is 24.7 Å². The van der Waals surface area contributed by atoms with Crippen LogP contribution >= 0.6 is 0 Å². The van der Waals surface area contributed by atoms with Gasteiger partial charge in [-0.2, -0.15) is 4.98 Å². The van der Waals surface area contributed by atoms with E-state index in [0.717, 1.165) is 0 Å². The van der Waals surface area contributed by atoms with Gasteiger partial charge >= 0.3 is 12.0 Å². The number of amides is 3. The molecule has 0 fully saturated rings. The van der Waals surface area contributed by atoms with Crippen molar-refractivity contribution in [2.45, 2.75) is 38.1 Å². The van der Waals surface area contributed by atoms with Crippen molar-refractivity contribution in [3.63, 3.8) is 0 Å². The van der Waals surface area contributed by atoms with E-state index in [0.29, 0.717) is 0 Å². The lowest BCUT2D eigenvalue weighted by atomic mass is 10.2. The second kappa shape index (κ2) is 8.05. The van der Waals surface area contributed by atoms with Gasteiger partial charge in [0, 0.05) is 6.42 Å². The van der Waals surface area contributed by atoms with E-state index in [1.54, 1.807) is 0 Å². The van der Waals surface area contributed by atoms with Crippen LogP contribution in [-0.2, 0) is 16.1 Å². The minimum absolute atomic E-state index is 0.000933. The van der Waals surface area contributed by atoms with Crippen LogP contribution in [0.3, 0.4) is 0 Å². The van der Waals surface area contributed by atoms with E-state index >= 15 is 0 Å². The summed E-state index contributed by atoms with van der Waals surface area (Å²) in [5, 5.41) is 25.9. The Morgan fingerprint density at radius 1 is 1.39 bits per heavy atom. The Morgan fingerprint density at radius 2 is 2.04 bits per heavy atom. The summed E-state index contributed by atoms with van der Waals surface area (Å²) in [6.45, 7) is 1.03. The van der Waals surface area contributed by atoms with Crippen molar-refractivity contribution >= 4 is 17.9 Å². The fourth-order valence-electron chi connectivity index (χ4n) is 1.54. The molecular weight excluding hydrogens is 312 g/mol. The number of aliphatic carboxylic acids is 1. The number of carboxylic acid groups (broad SMARTS) is 1. The van der Waals surface area contributed by atoms with Gasteiger partial charge in [0.2, 0.25) is 11.8 Å². The number of rotatable bonds is 8. The Kier molecular flexibility index (Phi) is 6.41. The maximum atomic E-state index is 11.5. The molecule has 1 aromatic rings. The topological polar surface area (TPSA) is 207 Å². The van der Waals surface area contributed by atoms with Gasteiger partial charge in [-0.15, -0.1) is 0 Å². The van der Waals surface area contributed by atoms with E-state index in [1.165, 1.54) is 6.92 Å². The normalized spacial score (nSPS) is 14.6. The van der Waals surface area contributed by atoms with Crippen molar-refractivity contribution in [1.29, 1.82) is 0 Å². The number of primary amides is 1. The Bertz CT molecular complexity index is 573. The minimum atomic E-state index is -1.46. The van der Waals surface area contributed by atoms with Crippen molar-refractivity contribution < 1.29 is 29.1 Å². The number of carbonyl (C=O) groups excluding carboxylic acids is 2. The van der Waals surface area contributed by atoms with E-state index in [2.05, 4.69) is 20.8 Å². The van der Waals surface area contributed by atoms with Crippen LogP contribution in [0.15, 0.2) is 4.52 Å². The van der Waals surface area contributed by atoms with Gasteiger partial charge in [-0.1, -0.05) is 5.16 Å². The number of urea groups is 1. The van der Waals surface area contributed by atoms with Crippen molar-refractivity contribution in [2.75, 3.05) is 0 Å². The molecule has 0 aliphatic heterocycles. The Labute approximate surface area is 130 Å². The smallest absolute Gasteiger partial charge is 0.328 e. The summed E-state index contributed by atoms with van der Waals surface area (Å²) < 4.78 is 4.82. The first-order chi connectivity index (χ1) is 10.7. The molecule has 2 unspecified atom stereocenters. The molecule has 1 rings (SSSR count). The number of hydrogen-bond donors (Lipinski definition) is 6. The first kappa shape index (κ1) is 18.3. The van der Waals surface area contributed by atoms with Gasteiger partial charge in [-0.05, 0) is 6.92 Å². The molecule has 12 nitrogen and oxygen atoms in total. The molecule has 3 amide bonds. The second-order valence-corrected chi connectivity index (χ2v) is 4.71. The highest BCUT2D eigenvalue weighted by Gasteiger charge is 2.25. The fourth-order valence-corrected chi connectivity index (χ4v) is 1.54. The summed E-state index contributed by atoms with van der Waals surface area (Å²) in [5.74, 6) is -1.96. The van der Waals surface area contributed by atoms with E-state index in [4.69, 9.17) is 21.1 Å². The van der Waals surface area contributed by atoms with Crippen LogP contribution in [0.2, 0.25) is 0 Å². The van der Waals surface area contributed by atoms with Gasteiger partial charge in [0.15, 0.2) is 11.9 Å². The third kappa shape index (κ3) is 5.88. The highest BCUT2D eigenvalue weighted by molar-refractivity contribution is 5.82. The van der Waals surface area contributed by atoms with E-state index < -0.39 is 36.1 Å². The summed E-state index contributed by atoms with van der Waals surface area (Å²) >= 11 is 0. The standard InChI is InChI=1S/C11H18N6O6/c1-4(18)8(10(20)21)16-11(22)14-3-7-15-9(17-23-7)5(12)2-6(13)19/h4-5,8,18H,2-3,12H2,1H3,(H2,13,19)(H,20,21)(H2,14,16,22)/t4?,5?,8-/m0/s1. The fraction of sp³-hybridized carbons (Fsp3) is 0.545. The summed E-state index contributed by atoms with van der Waals surface area (Å²) in [4.78, 5) is 37.0. The molecule has 0 bridgehead atoms. The molecular formula is C11H18N6O6. The van der Waals surface area contributed by atoms with E-state index in [1.807, 2.05) is 0 Å². The van der Waals surface area contributed by atoms with Gasteiger partial charge in [0.25, 0.3) is 0 Å². The lowest BCUT2D eigenvalue weighted by molar-refractivity contribution is -0.141. The Morgan fingerprint density at radius 3 is 2.57 bits per heavy atom. The minimum Gasteiger partial charge on any atom is -0.480 e. The number of hydrogen-bond acceptors (Lipinski definition) is 8. The highest BCUT2D eigenvalue weighted by atomic mass is 16.5. The number of carbonyl (C=O) groups is 3. The Balaban J connectivity index is 2.52.